The van der Waals surface area contributed by atoms with Crippen LogP contribution in [0.4, 0.5) is 0 Å². The molecule has 0 rings (SSSR count). The fourth-order valence-electron chi connectivity index (χ4n) is 0.425. The van der Waals surface area contributed by atoms with Gasteiger partial charge >= 0.3 is 5.97 Å². The van der Waals surface area contributed by atoms with Crippen molar-refractivity contribution in [2.45, 2.75) is 6.92 Å². The third-order valence-electron chi connectivity index (χ3n) is 0.870. The van der Waals surface area contributed by atoms with Crippen molar-refractivity contribution in [2.75, 3.05) is 20.7 Å². The molecule has 0 aromatic heterocycles. The molecular weight excluding hydrogens is 174 g/mol. The normalized spacial score (nSPS) is 10.8. The van der Waals surface area contributed by atoms with Crippen LogP contribution in [-0.2, 0) is 14.5 Å². The van der Waals surface area contributed by atoms with E-state index in [0.717, 1.165) is 0 Å². The van der Waals surface area contributed by atoms with Gasteiger partial charge in [0.05, 0.1) is 11.7 Å². The van der Waals surface area contributed by atoms with E-state index in [1.165, 1.54) is 5.06 Å². The molecular formula is C7H11N3O3+. The Hall–Kier alpha value is -1.61. The maximum atomic E-state index is 10.9. The molecule has 0 aliphatic heterocycles. The van der Waals surface area contributed by atoms with Crippen molar-refractivity contribution in [3.63, 3.8) is 0 Å². The van der Waals surface area contributed by atoms with Gasteiger partial charge in [-0.15, -0.1) is 4.94 Å². The van der Waals surface area contributed by atoms with E-state index in [9.17, 15) is 4.79 Å². The summed E-state index contributed by atoms with van der Waals surface area (Å²) < 4.78 is 4.54. The smallest absolute Gasteiger partial charge is 0.371 e. The molecule has 0 aromatic carbocycles. The zero-order valence-electron chi connectivity index (χ0n) is 7.77. The Morgan fingerprint density at radius 1 is 1.62 bits per heavy atom. The molecule has 6 heteroatoms. The summed E-state index contributed by atoms with van der Waals surface area (Å²) >= 11 is 0. The zero-order chi connectivity index (χ0) is 10.3. The van der Waals surface area contributed by atoms with Crippen LogP contribution in [0.2, 0.25) is 0 Å². The number of hydrogen-bond acceptors (Lipinski definition) is 6. The molecule has 6 nitrogen and oxygen atoms in total. The molecule has 0 unspecified atom stereocenters. The molecule has 13 heavy (non-hydrogen) atoms. The van der Waals surface area contributed by atoms with Gasteiger partial charge in [0.2, 0.25) is 0 Å². The topological polar surface area (TPSA) is 77.6 Å². The van der Waals surface area contributed by atoms with Crippen molar-refractivity contribution in [2.24, 2.45) is 5.16 Å². The molecule has 0 aromatic rings. The first kappa shape index (κ1) is 11.4. The maximum Gasteiger partial charge on any atom is 0.371 e. The SMILES string of the molecule is CCOC(=O)C(C#N)=NO[N+](C)C. The number of ether oxygens (including phenoxy) is 1. The summed E-state index contributed by atoms with van der Waals surface area (Å²) in [5.41, 5.74) is -0.407. The monoisotopic (exact) mass is 185 g/mol. The second-order valence-electron chi connectivity index (χ2n) is 2.17. The average molecular weight is 185 g/mol. The highest BCUT2D eigenvalue weighted by Crippen LogP contribution is 1.86. The van der Waals surface area contributed by atoms with E-state index in [0.29, 0.717) is 0 Å². The first-order valence-electron chi connectivity index (χ1n) is 3.61. The first-order valence-corrected chi connectivity index (χ1v) is 3.61. The maximum absolute atomic E-state index is 10.9. The molecule has 0 atom stereocenters. The minimum Gasteiger partial charge on any atom is -0.461 e. The van der Waals surface area contributed by atoms with Gasteiger partial charge in [0.25, 0.3) is 5.71 Å². The number of rotatable bonds is 4. The molecule has 0 heterocycles. The van der Waals surface area contributed by atoms with Gasteiger partial charge in [0, 0.05) is 5.16 Å². The number of nitriles is 1. The summed E-state index contributed by atoms with van der Waals surface area (Å²) in [5.74, 6) is -0.785. The van der Waals surface area contributed by atoms with Gasteiger partial charge in [-0.25, -0.2) is 4.79 Å². The van der Waals surface area contributed by atoms with Crippen molar-refractivity contribution in [1.82, 2.24) is 5.06 Å². The van der Waals surface area contributed by atoms with Crippen molar-refractivity contribution in [3.05, 3.63) is 0 Å². The van der Waals surface area contributed by atoms with E-state index < -0.39 is 11.7 Å². The van der Waals surface area contributed by atoms with Gasteiger partial charge in [0.15, 0.2) is 14.1 Å². The second-order valence-corrected chi connectivity index (χ2v) is 2.17. The fraction of sp³-hybridized carbons (Fsp3) is 0.571. The van der Waals surface area contributed by atoms with E-state index in [2.05, 4.69) is 14.8 Å². The van der Waals surface area contributed by atoms with Crippen LogP contribution in [-0.4, -0.2) is 32.4 Å². The number of hydroxylamine groups is 2. The predicted molar refractivity (Wildman–Crippen MR) is 44.7 cm³/mol. The number of hydrogen-bond donors (Lipinski definition) is 0. The number of carbonyl (C=O) groups is 1. The lowest BCUT2D eigenvalue weighted by atomic mass is 10.4. The van der Waals surface area contributed by atoms with Gasteiger partial charge < -0.3 is 4.74 Å². The van der Waals surface area contributed by atoms with Crippen LogP contribution in [0, 0.1) is 11.3 Å². The fourth-order valence-corrected chi connectivity index (χ4v) is 0.425. The van der Waals surface area contributed by atoms with Gasteiger partial charge in [-0.05, 0) is 6.92 Å². The summed E-state index contributed by atoms with van der Waals surface area (Å²) in [6, 6.07) is 1.57. The van der Waals surface area contributed by atoms with Crippen LogP contribution in [0.15, 0.2) is 5.16 Å². The highest BCUT2D eigenvalue weighted by atomic mass is 16.8. The summed E-state index contributed by atoms with van der Waals surface area (Å²) in [4.78, 5) is 15.5. The largest absolute Gasteiger partial charge is 0.461 e. The van der Waals surface area contributed by atoms with Gasteiger partial charge in [-0.3, -0.25) is 0 Å². The van der Waals surface area contributed by atoms with E-state index >= 15 is 0 Å². The molecule has 0 saturated carbocycles. The molecule has 0 saturated heterocycles. The van der Waals surface area contributed by atoms with E-state index in [4.69, 9.17) is 5.26 Å². The minimum absolute atomic E-state index is 0.196. The van der Waals surface area contributed by atoms with Crippen LogP contribution in [0.5, 0.6) is 0 Å². The lowest BCUT2D eigenvalue weighted by Gasteiger charge is -1.97. The number of oxime groups is 1. The van der Waals surface area contributed by atoms with E-state index in [1.54, 1.807) is 27.1 Å². The lowest BCUT2D eigenvalue weighted by Crippen LogP contribution is -2.21. The number of esters is 1. The Morgan fingerprint density at radius 3 is 2.62 bits per heavy atom. The molecule has 0 aliphatic carbocycles. The van der Waals surface area contributed by atoms with E-state index in [-0.39, 0.29) is 6.61 Å². The van der Waals surface area contributed by atoms with Gasteiger partial charge in [-0.2, -0.15) is 5.26 Å². The standard InChI is InChI=1S/C7H11N3O3/c1-4-12-7(11)6(5-8)9-13-10(2)3/h4H2,1-3H3/q+1. The van der Waals surface area contributed by atoms with Crippen molar-refractivity contribution in [3.8, 4) is 6.07 Å². The van der Waals surface area contributed by atoms with Crippen LogP contribution >= 0.6 is 0 Å². The molecule has 0 amide bonds. The van der Waals surface area contributed by atoms with Crippen molar-refractivity contribution >= 4 is 11.7 Å². The molecule has 0 aliphatic rings. The molecule has 1 radical (unpaired) electrons. The minimum atomic E-state index is -0.785. The van der Waals surface area contributed by atoms with Gasteiger partial charge in [0.1, 0.15) is 6.07 Å². The Morgan fingerprint density at radius 2 is 2.23 bits per heavy atom. The summed E-state index contributed by atoms with van der Waals surface area (Å²) in [6.07, 6.45) is 0. The Balaban J connectivity index is 4.26. The molecule has 0 bridgehead atoms. The molecule has 0 fully saturated rings. The van der Waals surface area contributed by atoms with Gasteiger partial charge in [-0.1, -0.05) is 0 Å². The predicted octanol–water partition coefficient (Wildman–Crippen LogP) is -0.240. The van der Waals surface area contributed by atoms with E-state index in [1.807, 2.05) is 0 Å². The number of nitrogens with zero attached hydrogens (tertiary/aromatic N) is 3. The third-order valence-corrected chi connectivity index (χ3v) is 0.870. The quantitative estimate of drug-likeness (QED) is 0.262. The Labute approximate surface area is 76.3 Å². The average Bonchev–Trinajstić information content (AvgIpc) is 2.05. The number of carbonyl (C=O) groups excluding carboxylic acids is 1. The van der Waals surface area contributed by atoms with Crippen LogP contribution in [0.3, 0.4) is 0 Å². The second kappa shape index (κ2) is 5.97. The lowest BCUT2D eigenvalue weighted by molar-refractivity contribution is -0.135. The summed E-state index contributed by atoms with van der Waals surface area (Å²) in [6.45, 7) is 1.83. The van der Waals surface area contributed by atoms with Crippen LogP contribution in [0.1, 0.15) is 6.92 Å². The highest BCUT2D eigenvalue weighted by Gasteiger charge is 2.14. The first-order chi connectivity index (χ1) is 6.11. The molecule has 71 valence electrons. The molecule has 0 N–H and O–H groups in total. The third kappa shape index (κ3) is 4.76. The van der Waals surface area contributed by atoms with Crippen LogP contribution < -0.4 is 5.06 Å². The zero-order valence-corrected chi connectivity index (χ0v) is 7.77. The van der Waals surface area contributed by atoms with Crippen molar-refractivity contribution < 1.29 is 14.5 Å². The Bertz CT molecular complexity index is 242. The summed E-state index contributed by atoms with van der Waals surface area (Å²) in [5, 5.41) is 13.0. The Kier molecular flexibility index (Phi) is 5.23. The summed E-state index contributed by atoms with van der Waals surface area (Å²) in [7, 11) is 3.15. The van der Waals surface area contributed by atoms with Crippen molar-refractivity contribution in [1.29, 1.82) is 5.26 Å². The van der Waals surface area contributed by atoms with Crippen LogP contribution in [0.25, 0.3) is 0 Å². The highest BCUT2D eigenvalue weighted by molar-refractivity contribution is 6.42. The molecule has 0 spiro atoms.